The molecule has 0 unspecified atom stereocenters. The average Bonchev–Trinajstić information content (AvgIpc) is 2.59. The molecule has 140 valence electrons. The first-order chi connectivity index (χ1) is 12.7. The molecule has 2 aromatic carbocycles. The van der Waals surface area contributed by atoms with E-state index in [1.54, 1.807) is 6.07 Å². The lowest BCUT2D eigenvalue weighted by atomic mass is 10.1. The predicted molar refractivity (Wildman–Crippen MR) is 92.9 cm³/mol. The zero-order chi connectivity index (χ0) is 19.6. The van der Waals surface area contributed by atoms with Crippen molar-refractivity contribution in [3.05, 3.63) is 75.8 Å². The van der Waals surface area contributed by atoms with Crippen molar-refractivity contribution in [2.45, 2.75) is 19.0 Å². The molecule has 1 aromatic heterocycles. The highest BCUT2D eigenvalue weighted by atomic mass is 19.4. The van der Waals surface area contributed by atoms with Gasteiger partial charge in [0.05, 0.1) is 11.1 Å². The number of nitrogens with one attached hydrogen (secondary N) is 2. The maximum absolute atomic E-state index is 13.2. The Morgan fingerprint density at radius 2 is 1.74 bits per heavy atom. The summed E-state index contributed by atoms with van der Waals surface area (Å²) in [5.41, 5.74) is -0.277. The molecule has 0 bridgehead atoms. The molecule has 27 heavy (non-hydrogen) atoms. The number of pyridine rings is 1. The molecule has 4 nitrogen and oxygen atoms in total. The van der Waals surface area contributed by atoms with E-state index in [9.17, 15) is 27.2 Å². The van der Waals surface area contributed by atoms with Crippen LogP contribution in [0.15, 0.2) is 53.3 Å². The van der Waals surface area contributed by atoms with Gasteiger partial charge in [0.15, 0.2) is 0 Å². The van der Waals surface area contributed by atoms with E-state index in [2.05, 4.69) is 10.3 Å². The van der Waals surface area contributed by atoms with Crippen LogP contribution in [-0.4, -0.2) is 10.9 Å². The maximum atomic E-state index is 13.2. The first-order valence-corrected chi connectivity index (χ1v) is 8.01. The number of alkyl halides is 3. The van der Waals surface area contributed by atoms with Crippen molar-refractivity contribution < 1.29 is 22.4 Å². The highest BCUT2D eigenvalue weighted by Crippen LogP contribution is 2.29. The van der Waals surface area contributed by atoms with Gasteiger partial charge in [-0.3, -0.25) is 9.59 Å². The maximum Gasteiger partial charge on any atom is 0.416 e. The fourth-order valence-electron chi connectivity index (χ4n) is 2.62. The largest absolute Gasteiger partial charge is 0.416 e. The van der Waals surface area contributed by atoms with Crippen LogP contribution in [0.25, 0.3) is 10.9 Å². The second-order valence-electron chi connectivity index (χ2n) is 5.98. The number of benzene rings is 2. The fraction of sp³-hybridized carbons (Fsp3) is 0.158. The van der Waals surface area contributed by atoms with Gasteiger partial charge in [0, 0.05) is 17.7 Å². The van der Waals surface area contributed by atoms with Gasteiger partial charge in [-0.15, -0.1) is 0 Å². The summed E-state index contributed by atoms with van der Waals surface area (Å²) in [6, 6.07) is 9.66. The van der Waals surface area contributed by atoms with Crippen LogP contribution in [0.5, 0.6) is 0 Å². The summed E-state index contributed by atoms with van der Waals surface area (Å²) in [6.45, 7) is 0. The second-order valence-corrected chi connectivity index (χ2v) is 5.98. The average molecular weight is 378 g/mol. The zero-order valence-electron chi connectivity index (χ0n) is 13.9. The Hall–Kier alpha value is -3.16. The number of carbonyl (C=O) groups is 1. The molecular formula is C19H14F4N2O2. The SMILES string of the molecule is O=C(CCc1cc2ccc(F)cc2[nH]c1=O)Nc1ccc(C(F)(F)F)cc1. The molecule has 3 aromatic rings. The number of hydrogen-bond donors (Lipinski definition) is 2. The standard InChI is InChI=1S/C19H14F4N2O2/c20-14-5-1-11-9-12(18(27)25-16(11)10-14)2-8-17(26)24-15-6-3-13(4-7-15)19(21,22)23/h1,3-7,9-10H,2,8H2,(H,24,26)(H,25,27). The lowest BCUT2D eigenvalue weighted by molar-refractivity contribution is -0.137. The van der Waals surface area contributed by atoms with Gasteiger partial charge in [0.1, 0.15) is 5.82 Å². The van der Waals surface area contributed by atoms with E-state index in [0.717, 1.165) is 24.3 Å². The van der Waals surface area contributed by atoms with Crippen LogP contribution < -0.4 is 10.9 Å². The fourth-order valence-corrected chi connectivity index (χ4v) is 2.62. The number of carbonyl (C=O) groups excluding carboxylic acids is 1. The number of halogens is 4. The molecule has 1 heterocycles. The third-order valence-corrected chi connectivity index (χ3v) is 4.00. The molecule has 1 amide bonds. The van der Waals surface area contributed by atoms with Crippen molar-refractivity contribution in [3.8, 4) is 0 Å². The highest BCUT2D eigenvalue weighted by Gasteiger charge is 2.29. The Balaban J connectivity index is 1.65. The Morgan fingerprint density at radius 1 is 1.04 bits per heavy atom. The summed E-state index contributed by atoms with van der Waals surface area (Å²) in [6.07, 6.45) is -4.34. The van der Waals surface area contributed by atoms with Crippen LogP contribution in [0.4, 0.5) is 23.2 Å². The molecule has 0 aliphatic heterocycles. The number of aryl methyl sites for hydroxylation is 1. The molecule has 0 saturated carbocycles. The quantitative estimate of drug-likeness (QED) is 0.667. The number of aromatic amines is 1. The van der Waals surface area contributed by atoms with E-state index < -0.39 is 29.0 Å². The number of hydrogen-bond acceptors (Lipinski definition) is 2. The number of amides is 1. The lowest BCUT2D eigenvalue weighted by Crippen LogP contribution is -2.17. The minimum absolute atomic E-state index is 0.0309. The zero-order valence-corrected chi connectivity index (χ0v) is 13.9. The van der Waals surface area contributed by atoms with Crippen LogP contribution in [0.1, 0.15) is 17.5 Å². The molecule has 0 saturated heterocycles. The summed E-state index contributed by atoms with van der Waals surface area (Å²) < 4.78 is 50.7. The number of aromatic nitrogens is 1. The smallest absolute Gasteiger partial charge is 0.326 e. The molecule has 0 aliphatic rings. The van der Waals surface area contributed by atoms with Gasteiger partial charge in [-0.2, -0.15) is 13.2 Å². The van der Waals surface area contributed by atoms with Gasteiger partial charge in [-0.1, -0.05) is 0 Å². The van der Waals surface area contributed by atoms with Crippen LogP contribution >= 0.6 is 0 Å². The second kappa shape index (κ2) is 7.22. The van der Waals surface area contributed by atoms with Crippen molar-refractivity contribution in [3.63, 3.8) is 0 Å². The van der Waals surface area contributed by atoms with Crippen molar-refractivity contribution in [1.29, 1.82) is 0 Å². The van der Waals surface area contributed by atoms with Crippen molar-refractivity contribution in [1.82, 2.24) is 4.98 Å². The monoisotopic (exact) mass is 378 g/mol. The number of H-pyrrole nitrogens is 1. The summed E-state index contributed by atoms with van der Waals surface area (Å²) >= 11 is 0. The third-order valence-electron chi connectivity index (χ3n) is 4.00. The lowest BCUT2D eigenvalue weighted by Gasteiger charge is -2.09. The third kappa shape index (κ3) is 4.52. The van der Waals surface area contributed by atoms with Crippen LogP contribution in [0, 0.1) is 5.82 Å². The Kier molecular flexibility index (Phi) is 4.98. The molecule has 0 spiro atoms. The van der Waals surface area contributed by atoms with Gasteiger partial charge >= 0.3 is 6.18 Å². The summed E-state index contributed by atoms with van der Waals surface area (Å²) in [5.74, 6) is -0.907. The molecular weight excluding hydrogens is 364 g/mol. The minimum Gasteiger partial charge on any atom is -0.326 e. The summed E-state index contributed by atoms with van der Waals surface area (Å²) in [7, 11) is 0. The van der Waals surface area contributed by atoms with Gasteiger partial charge in [0.25, 0.3) is 5.56 Å². The van der Waals surface area contributed by atoms with Crippen molar-refractivity contribution in [2.24, 2.45) is 0 Å². The molecule has 0 radical (unpaired) electrons. The van der Waals surface area contributed by atoms with Gasteiger partial charge in [-0.05, 0) is 60.3 Å². The molecule has 3 rings (SSSR count). The van der Waals surface area contributed by atoms with E-state index in [0.29, 0.717) is 16.5 Å². The van der Waals surface area contributed by atoms with Gasteiger partial charge in [-0.25, -0.2) is 4.39 Å². The first kappa shape index (κ1) is 18.6. The Morgan fingerprint density at radius 3 is 2.41 bits per heavy atom. The first-order valence-electron chi connectivity index (χ1n) is 8.01. The van der Waals surface area contributed by atoms with E-state index in [1.807, 2.05) is 0 Å². The van der Waals surface area contributed by atoms with Gasteiger partial charge < -0.3 is 10.3 Å². The van der Waals surface area contributed by atoms with E-state index >= 15 is 0 Å². The highest BCUT2D eigenvalue weighted by molar-refractivity contribution is 5.91. The Bertz CT molecular complexity index is 1040. The van der Waals surface area contributed by atoms with E-state index in [1.165, 1.54) is 18.2 Å². The van der Waals surface area contributed by atoms with Gasteiger partial charge in [0.2, 0.25) is 5.91 Å². The van der Waals surface area contributed by atoms with Crippen molar-refractivity contribution >= 4 is 22.5 Å². The van der Waals surface area contributed by atoms with Crippen LogP contribution in [-0.2, 0) is 17.4 Å². The topological polar surface area (TPSA) is 62.0 Å². The molecule has 0 aliphatic carbocycles. The number of fused-ring (bicyclic) bond motifs is 1. The molecule has 8 heteroatoms. The Labute approximate surface area is 150 Å². The molecule has 0 atom stereocenters. The predicted octanol–water partition coefficient (Wildman–Crippen LogP) is 4.26. The number of anilines is 1. The number of rotatable bonds is 4. The van der Waals surface area contributed by atoms with Crippen molar-refractivity contribution in [2.75, 3.05) is 5.32 Å². The summed E-state index contributed by atoms with van der Waals surface area (Å²) in [5, 5.41) is 3.12. The normalized spacial score (nSPS) is 11.6. The summed E-state index contributed by atoms with van der Waals surface area (Å²) in [4.78, 5) is 26.6. The van der Waals surface area contributed by atoms with E-state index in [4.69, 9.17) is 0 Å². The van der Waals surface area contributed by atoms with Crippen LogP contribution in [0.2, 0.25) is 0 Å². The van der Waals surface area contributed by atoms with Crippen LogP contribution in [0.3, 0.4) is 0 Å². The molecule has 0 fully saturated rings. The minimum atomic E-state index is -4.44. The van der Waals surface area contributed by atoms with E-state index in [-0.39, 0.29) is 18.5 Å². The molecule has 2 N–H and O–H groups in total.